The Bertz CT molecular complexity index is 312. The first kappa shape index (κ1) is 11.0. The summed E-state index contributed by atoms with van der Waals surface area (Å²) in [6.45, 7) is 2.70. The molecule has 1 aromatic rings. The van der Waals surface area contributed by atoms with E-state index >= 15 is 0 Å². The lowest BCUT2D eigenvalue weighted by molar-refractivity contribution is 0.383. The highest BCUT2D eigenvalue weighted by Gasteiger charge is 2.09. The molecule has 14 heavy (non-hydrogen) atoms. The van der Waals surface area contributed by atoms with Crippen LogP contribution in [0.3, 0.4) is 0 Å². The number of ether oxygens (including phenoxy) is 1. The van der Waals surface area contributed by atoms with Gasteiger partial charge < -0.3 is 10.1 Å². The average Bonchev–Trinajstić information content (AvgIpc) is 2.18. The van der Waals surface area contributed by atoms with Gasteiger partial charge in [0.15, 0.2) is 11.6 Å². The lowest BCUT2D eigenvalue weighted by atomic mass is 10.1. The Morgan fingerprint density at radius 1 is 1.43 bits per heavy atom. The highest BCUT2D eigenvalue weighted by molar-refractivity contribution is 5.36. The average molecular weight is 197 g/mol. The zero-order chi connectivity index (χ0) is 10.6. The molecule has 0 aromatic heterocycles. The summed E-state index contributed by atoms with van der Waals surface area (Å²) in [5.74, 6) is 0.0875. The molecule has 3 heteroatoms. The number of hydrogen-bond donors (Lipinski definition) is 1. The number of methoxy groups -OCH3 is 1. The van der Waals surface area contributed by atoms with E-state index in [1.807, 2.05) is 20.0 Å². The second kappa shape index (κ2) is 4.96. The van der Waals surface area contributed by atoms with Gasteiger partial charge in [0.2, 0.25) is 0 Å². The predicted molar refractivity (Wildman–Crippen MR) is 55.3 cm³/mol. The molecule has 0 unspecified atom stereocenters. The summed E-state index contributed by atoms with van der Waals surface area (Å²) in [4.78, 5) is 0. The Morgan fingerprint density at radius 2 is 2.14 bits per heavy atom. The van der Waals surface area contributed by atoms with Crippen LogP contribution in [0, 0.1) is 12.7 Å². The van der Waals surface area contributed by atoms with E-state index in [-0.39, 0.29) is 5.82 Å². The molecule has 0 saturated carbocycles. The van der Waals surface area contributed by atoms with Crippen LogP contribution < -0.4 is 10.1 Å². The monoisotopic (exact) mass is 197 g/mol. The van der Waals surface area contributed by atoms with Gasteiger partial charge in [-0.15, -0.1) is 0 Å². The van der Waals surface area contributed by atoms with E-state index in [9.17, 15) is 4.39 Å². The Morgan fingerprint density at radius 3 is 2.71 bits per heavy atom. The predicted octanol–water partition coefficient (Wildman–Crippen LogP) is 1.90. The van der Waals surface area contributed by atoms with Gasteiger partial charge in [0, 0.05) is 0 Å². The maximum Gasteiger partial charge on any atom is 0.168 e. The van der Waals surface area contributed by atoms with Gasteiger partial charge in [0.1, 0.15) is 0 Å². The summed E-state index contributed by atoms with van der Waals surface area (Å²) in [6, 6.07) is 3.56. The fraction of sp³-hybridized carbons (Fsp3) is 0.455. The first-order valence-electron chi connectivity index (χ1n) is 4.66. The zero-order valence-corrected chi connectivity index (χ0v) is 8.86. The molecule has 0 saturated heterocycles. The maximum atomic E-state index is 13.6. The molecule has 78 valence electrons. The molecule has 0 fully saturated rings. The number of halogens is 1. The van der Waals surface area contributed by atoms with Crippen LogP contribution in [-0.4, -0.2) is 20.7 Å². The first-order valence-corrected chi connectivity index (χ1v) is 4.66. The summed E-state index contributed by atoms with van der Waals surface area (Å²) < 4.78 is 18.6. The van der Waals surface area contributed by atoms with Crippen LogP contribution in [0.5, 0.6) is 5.75 Å². The standard InChI is InChI=1S/C11H16FNO/c1-8-6-9(4-5-13-2)11(12)10(7-8)14-3/h6-7,13H,4-5H2,1-3H3. The van der Waals surface area contributed by atoms with Crippen molar-refractivity contribution in [3.63, 3.8) is 0 Å². The van der Waals surface area contributed by atoms with Crippen LogP contribution in [-0.2, 0) is 6.42 Å². The second-order valence-electron chi connectivity index (χ2n) is 3.29. The van der Waals surface area contributed by atoms with Crippen LogP contribution in [0.25, 0.3) is 0 Å². The fourth-order valence-electron chi connectivity index (χ4n) is 1.40. The van der Waals surface area contributed by atoms with E-state index in [1.165, 1.54) is 7.11 Å². The first-order chi connectivity index (χ1) is 6.69. The molecule has 0 aliphatic rings. The molecule has 1 N–H and O–H groups in total. The van der Waals surface area contributed by atoms with Crippen molar-refractivity contribution >= 4 is 0 Å². The van der Waals surface area contributed by atoms with Crippen molar-refractivity contribution < 1.29 is 9.13 Å². The smallest absolute Gasteiger partial charge is 0.168 e. The van der Waals surface area contributed by atoms with Gasteiger partial charge in [-0.25, -0.2) is 4.39 Å². The molecule has 0 spiro atoms. The van der Waals surface area contributed by atoms with Crippen molar-refractivity contribution in [3.05, 3.63) is 29.1 Å². The van der Waals surface area contributed by atoms with Crippen molar-refractivity contribution in [1.82, 2.24) is 5.32 Å². The molecule has 1 rings (SSSR count). The van der Waals surface area contributed by atoms with E-state index in [2.05, 4.69) is 5.32 Å². The number of nitrogens with one attached hydrogen (secondary N) is 1. The quantitative estimate of drug-likeness (QED) is 0.796. The third kappa shape index (κ3) is 2.45. The van der Waals surface area contributed by atoms with Crippen molar-refractivity contribution in [2.45, 2.75) is 13.3 Å². The summed E-state index contributed by atoms with van der Waals surface area (Å²) in [6.07, 6.45) is 0.681. The number of rotatable bonds is 4. The van der Waals surface area contributed by atoms with Crippen LogP contribution in [0.1, 0.15) is 11.1 Å². The fourth-order valence-corrected chi connectivity index (χ4v) is 1.40. The minimum Gasteiger partial charge on any atom is -0.494 e. The number of benzene rings is 1. The third-order valence-electron chi connectivity index (χ3n) is 2.12. The minimum atomic E-state index is -0.242. The molecular formula is C11H16FNO. The van der Waals surface area contributed by atoms with Gasteiger partial charge in [0.05, 0.1) is 7.11 Å². The lowest BCUT2D eigenvalue weighted by Gasteiger charge is -2.08. The van der Waals surface area contributed by atoms with Crippen molar-refractivity contribution in [2.75, 3.05) is 20.7 Å². The largest absolute Gasteiger partial charge is 0.494 e. The van der Waals surface area contributed by atoms with E-state index < -0.39 is 0 Å². The van der Waals surface area contributed by atoms with E-state index in [0.717, 1.165) is 12.1 Å². The van der Waals surface area contributed by atoms with Gasteiger partial charge in [0.25, 0.3) is 0 Å². The normalized spacial score (nSPS) is 10.3. The van der Waals surface area contributed by atoms with Crippen LogP contribution in [0.4, 0.5) is 4.39 Å². The maximum absolute atomic E-state index is 13.6. The number of hydrogen-bond acceptors (Lipinski definition) is 2. The Kier molecular flexibility index (Phi) is 3.89. The van der Waals surface area contributed by atoms with E-state index in [0.29, 0.717) is 17.7 Å². The molecule has 2 nitrogen and oxygen atoms in total. The van der Waals surface area contributed by atoms with Crippen molar-refractivity contribution in [2.24, 2.45) is 0 Å². The summed E-state index contributed by atoms with van der Waals surface area (Å²) in [7, 11) is 3.34. The van der Waals surface area contributed by atoms with Gasteiger partial charge in [-0.05, 0) is 44.1 Å². The van der Waals surface area contributed by atoms with Gasteiger partial charge in [-0.3, -0.25) is 0 Å². The number of likely N-dealkylation sites (N-methyl/N-ethyl adjacent to an activating group) is 1. The SMILES string of the molecule is CNCCc1cc(C)cc(OC)c1F. The summed E-state index contributed by atoms with van der Waals surface area (Å²) in [5.41, 5.74) is 1.73. The van der Waals surface area contributed by atoms with Crippen LogP contribution in [0.2, 0.25) is 0 Å². The molecular weight excluding hydrogens is 181 g/mol. The molecule has 0 amide bonds. The van der Waals surface area contributed by atoms with E-state index in [1.54, 1.807) is 6.07 Å². The van der Waals surface area contributed by atoms with Crippen molar-refractivity contribution in [3.8, 4) is 5.75 Å². The molecule has 1 aromatic carbocycles. The van der Waals surface area contributed by atoms with Crippen LogP contribution >= 0.6 is 0 Å². The Hall–Kier alpha value is -1.09. The highest BCUT2D eigenvalue weighted by atomic mass is 19.1. The van der Waals surface area contributed by atoms with Gasteiger partial charge in [-0.1, -0.05) is 6.07 Å². The topological polar surface area (TPSA) is 21.3 Å². The van der Waals surface area contributed by atoms with E-state index in [4.69, 9.17) is 4.74 Å². The van der Waals surface area contributed by atoms with Crippen molar-refractivity contribution in [1.29, 1.82) is 0 Å². The van der Waals surface area contributed by atoms with Gasteiger partial charge in [-0.2, -0.15) is 0 Å². The number of aryl methyl sites for hydroxylation is 1. The highest BCUT2D eigenvalue weighted by Crippen LogP contribution is 2.22. The molecule has 0 aliphatic carbocycles. The molecule has 0 heterocycles. The summed E-state index contributed by atoms with van der Waals surface area (Å²) in [5, 5.41) is 2.99. The third-order valence-corrected chi connectivity index (χ3v) is 2.12. The molecule has 0 radical (unpaired) electrons. The Balaban J connectivity index is 2.96. The van der Waals surface area contributed by atoms with Gasteiger partial charge >= 0.3 is 0 Å². The molecule has 0 atom stereocenters. The van der Waals surface area contributed by atoms with Crippen LogP contribution in [0.15, 0.2) is 12.1 Å². The molecule has 0 aliphatic heterocycles. The lowest BCUT2D eigenvalue weighted by Crippen LogP contribution is -2.11. The second-order valence-corrected chi connectivity index (χ2v) is 3.29. The minimum absolute atomic E-state index is 0.242. The molecule has 0 bridgehead atoms. The Labute approximate surface area is 84.1 Å². The summed E-state index contributed by atoms with van der Waals surface area (Å²) >= 11 is 0. The zero-order valence-electron chi connectivity index (χ0n) is 8.86.